The average molecular weight is 118 g/mol. The second-order valence-electron chi connectivity index (χ2n) is 1.32. The van der Waals surface area contributed by atoms with Gasteiger partial charge in [0.25, 0.3) is 0 Å². The first-order chi connectivity index (χ1) is 3.31. The Balaban J connectivity index is 2.83. The van der Waals surface area contributed by atoms with Crippen LogP contribution in [-0.2, 0) is 0 Å². The van der Waals surface area contributed by atoms with Gasteiger partial charge in [0.2, 0.25) is 0 Å². The fourth-order valence-corrected chi connectivity index (χ4v) is 0.931. The Morgan fingerprint density at radius 2 is 2.14 bits per heavy atom. The van der Waals surface area contributed by atoms with Crippen molar-refractivity contribution >= 4 is 17.8 Å². The monoisotopic (exact) mass is 118 g/mol. The van der Waals surface area contributed by atoms with Crippen LogP contribution in [0.2, 0.25) is 6.32 Å². The van der Waals surface area contributed by atoms with Crippen molar-refractivity contribution in [2.75, 3.05) is 5.75 Å². The van der Waals surface area contributed by atoms with E-state index in [1.165, 1.54) is 0 Å². The minimum Gasteiger partial charge on any atom is -0.441 e. The molecule has 1 nitrogen and oxygen atoms in total. The maximum atomic E-state index is 8.82. The first-order valence-corrected chi connectivity index (χ1v) is 3.65. The molecule has 0 heterocycles. The van der Waals surface area contributed by atoms with E-state index in [2.05, 4.69) is 0 Å². The van der Waals surface area contributed by atoms with Gasteiger partial charge in [-0.1, -0.05) is 13.8 Å². The van der Waals surface area contributed by atoms with Crippen molar-refractivity contribution in [3.8, 4) is 0 Å². The van der Waals surface area contributed by atoms with Gasteiger partial charge >= 0.3 is 6.19 Å². The van der Waals surface area contributed by atoms with E-state index in [-0.39, 0.29) is 6.19 Å². The third-order valence-electron chi connectivity index (χ3n) is 0.708. The summed E-state index contributed by atoms with van der Waals surface area (Å²) < 4.78 is 0. The summed E-state index contributed by atoms with van der Waals surface area (Å²) in [6.07, 6.45) is 0.725. The summed E-state index contributed by atoms with van der Waals surface area (Å²) in [5.74, 6) is 1.01. The zero-order valence-electron chi connectivity index (χ0n) is 4.85. The van der Waals surface area contributed by atoms with Gasteiger partial charge in [-0.15, -0.1) is 0 Å². The Morgan fingerprint density at radius 3 is 2.29 bits per heavy atom. The molecule has 0 saturated carbocycles. The molecule has 3 heteroatoms. The number of hydrogen-bond donors (Lipinski definition) is 1. The molecular formula is C4H11BOS. The molecule has 0 aromatic heterocycles. The molecule has 0 aromatic carbocycles. The van der Waals surface area contributed by atoms with E-state index >= 15 is 0 Å². The maximum Gasteiger partial charge on any atom is 0.358 e. The molecule has 7 heavy (non-hydrogen) atoms. The highest BCUT2D eigenvalue weighted by Gasteiger charge is 2.03. The molecule has 42 valence electrons. The summed E-state index contributed by atoms with van der Waals surface area (Å²) in [6, 6.07) is 0. The predicted octanol–water partition coefficient (Wildman–Crippen LogP) is 1.24. The topological polar surface area (TPSA) is 20.2 Å². The molecule has 0 bridgehead atoms. The molecule has 0 aliphatic carbocycles. The zero-order valence-corrected chi connectivity index (χ0v) is 5.66. The second kappa shape index (κ2) is 4.53. The highest BCUT2D eigenvalue weighted by molar-refractivity contribution is 8.24. The van der Waals surface area contributed by atoms with Crippen LogP contribution in [0.4, 0.5) is 0 Å². The van der Waals surface area contributed by atoms with Crippen molar-refractivity contribution in [1.29, 1.82) is 0 Å². The molecule has 0 aliphatic rings. The Morgan fingerprint density at radius 1 is 1.57 bits per heavy atom. The van der Waals surface area contributed by atoms with E-state index in [0.29, 0.717) is 0 Å². The molecule has 0 saturated heterocycles. The first kappa shape index (κ1) is 7.37. The molecule has 0 aliphatic heterocycles. The lowest BCUT2D eigenvalue weighted by atomic mass is 9.96. The molecule has 0 rings (SSSR count). The van der Waals surface area contributed by atoms with Gasteiger partial charge in [0, 0.05) is 0 Å². The van der Waals surface area contributed by atoms with E-state index in [1.54, 1.807) is 11.6 Å². The highest BCUT2D eigenvalue weighted by atomic mass is 32.2. The minimum atomic E-state index is -0.134. The van der Waals surface area contributed by atoms with Gasteiger partial charge in [0.15, 0.2) is 0 Å². The van der Waals surface area contributed by atoms with Crippen LogP contribution in [0, 0.1) is 0 Å². The lowest BCUT2D eigenvalue weighted by Gasteiger charge is -1.96. The van der Waals surface area contributed by atoms with Gasteiger partial charge < -0.3 is 5.02 Å². The van der Waals surface area contributed by atoms with Crippen molar-refractivity contribution in [1.82, 2.24) is 0 Å². The third-order valence-corrected chi connectivity index (χ3v) is 1.76. The number of rotatable bonds is 3. The van der Waals surface area contributed by atoms with Gasteiger partial charge in [-0.25, -0.2) is 0 Å². The first-order valence-electron chi connectivity index (χ1n) is 2.61. The van der Waals surface area contributed by atoms with E-state index in [4.69, 9.17) is 5.02 Å². The summed E-state index contributed by atoms with van der Waals surface area (Å²) in [5, 5.41) is 8.82. The predicted molar refractivity (Wildman–Crippen MR) is 36.6 cm³/mol. The summed E-state index contributed by atoms with van der Waals surface area (Å²) in [6.45, 7) is 4.02. The van der Waals surface area contributed by atoms with Gasteiger partial charge in [0.05, 0.1) is 0 Å². The Hall–Kier alpha value is 0.375. The van der Waals surface area contributed by atoms with Crippen LogP contribution in [0.15, 0.2) is 0 Å². The largest absolute Gasteiger partial charge is 0.441 e. The molecular weight excluding hydrogens is 107 g/mol. The van der Waals surface area contributed by atoms with Crippen molar-refractivity contribution in [3.05, 3.63) is 0 Å². The van der Waals surface area contributed by atoms with Crippen molar-refractivity contribution in [2.45, 2.75) is 20.2 Å². The van der Waals surface area contributed by atoms with Crippen molar-refractivity contribution in [3.63, 3.8) is 0 Å². The number of hydrogen-bond acceptors (Lipinski definition) is 2. The second-order valence-corrected chi connectivity index (χ2v) is 2.77. The van der Waals surface area contributed by atoms with Gasteiger partial charge in [-0.05, 0) is 12.1 Å². The van der Waals surface area contributed by atoms with Gasteiger partial charge in [-0.2, -0.15) is 11.6 Å². The molecule has 0 fully saturated rings. The van der Waals surface area contributed by atoms with Crippen LogP contribution < -0.4 is 0 Å². The lowest BCUT2D eigenvalue weighted by molar-refractivity contribution is 0.595. The van der Waals surface area contributed by atoms with Gasteiger partial charge in [0.1, 0.15) is 0 Å². The van der Waals surface area contributed by atoms with E-state index in [9.17, 15) is 0 Å². The summed E-state index contributed by atoms with van der Waals surface area (Å²) >= 11 is 1.59. The third kappa shape index (κ3) is 4.22. The standard InChI is InChI=1S/C4H11BOS/c1-3-5(6)7-4-2/h6H,3-4H2,1-2H3. The van der Waals surface area contributed by atoms with Crippen LogP contribution in [-0.4, -0.2) is 17.0 Å². The SMILES string of the molecule is CCSB(O)CC. The van der Waals surface area contributed by atoms with Crippen molar-refractivity contribution < 1.29 is 5.02 Å². The summed E-state index contributed by atoms with van der Waals surface area (Å²) in [7, 11) is 0. The average Bonchev–Trinajstić information content (AvgIpc) is 1.68. The Kier molecular flexibility index (Phi) is 4.77. The highest BCUT2D eigenvalue weighted by Crippen LogP contribution is 2.05. The maximum absolute atomic E-state index is 8.82. The van der Waals surface area contributed by atoms with Crippen LogP contribution >= 0.6 is 11.6 Å². The van der Waals surface area contributed by atoms with E-state index in [1.807, 2.05) is 13.8 Å². The fourth-order valence-electron chi connectivity index (χ4n) is 0.310. The summed E-state index contributed by atoms with van der Waals surface area (Å²) in [4.78, 5) is 0. The molecule has 0 amide bonds. The van der Waals surface area contributed by atoms with Gasteiger partial charge in [-0.3, -0.25) is 0 Å². The molecule has 0 atom stereocenters. The van der Waals surface area contributed by atoms with Crippen LogP contribution in [0.25, 0.3) is 0 Å². The molecule has 0 aromatic rings. The van der Waals surface area contributed by atoms with Crippen molar-refractivity contribution in [2.24, 2.45) is 0 Å². The smallest absolute Gasteiger partial charge is 0.358 e. The Bertz CT molecular complexity index is 42.7. The van der Waals surface area contributed by atoms with Crippen LogP contribution in [0.5, 0.6) is 0 Å². The normalized spacial score (nSPS) is 9.00. The van der Waals surface area contributed by atoms with Crippen LogP contribution in [0.1, 0.15) is 13.8 Å². The quantitative estimate of drug-likeness (QED) is 0.562. The summed E-state index contributed by atoms with van der Waals surface area (Å²) in [5.41, 5.74) is 0. The van der Waals surface area contributed by atoms with E-state index in [0.717, 1.165) is 12.1 Å². The molecule has 0 unspecified atom stereocenters. The zero-order chi connectivity index (χ0) is 5.70. The molecule has 0 spiro atoms. The van der Waals surface area contributed by atoms with Crippen LogP contribution in [0.3, 0.4) is 0 Å². The molecule has 1 N–H and O–H groups in total. The Labute approximate surface area is 49.5 Å². The van der Waals surface area contributed by atoms with E-state index < -0.39 is 0 Å². The fraction of sp³-hybridized carbons (Fsp3) is 1.00. The minimum absolute atomic E-state index is 0.134. The molecule has 0 radical (unpaired) electrons. The lowest BCUT2D eigenvalue weighted by Crippen LogP contribution is -2.03.